The third-order valence-electron chi connectivity index (χ3n) is 3.85. The Labute approximate surface area is 130 Å². The Bertz CT molecular complexity index is 620. The third kappa shape index (κ3) is 4.33. The SMILES string of the molecule is CC(Cc1ccc(O)cc1)N(C)Cc1ccc(C(=O)O)cc1. The zero-order valence-electron chi connectivity index (χ0n) is 12.9. The van der Waals surface area contributed by atoms with Crippen LogP contribution in [0.25, 0.3) is 0 Å². The second-order valence-corrected chi connectivity index (χ2v) is 5.64. The molecule has 0 spiro atoms. The molecule has 4 nitrogen and oxygen atoms in total. The number of nitrogens with zero attached hydrogens (tertiary/aromatic N) is 1. The van der Waals surface area contributed by atoms with Gasteiger partial charge in [-0.15, -0.1) is 0 Å². The van der Waals surface area contributed by atoms with Crippen LogP contribution in [0.3, 0.4) is 0 Å². The average Bonchev–Trinajstić information content (AvgIpc) is 2.50. The molecular formula is C18H21NO3. The number of aromatic carboxylic acids is 1. The third-order valence-corrected chi connectivity index (χ3v) is 3.85. The van der Waals surface area contributed by atoms with Crippen molar-refractivity contribution in [1.82, 2.24) is 4.90 Å². The molecule has 0 saturated carbocycles. The summed E-state index contributed by atoms with van der Waals surface area (Å²) in [5.74, 6) is -0.621. The van der Waals surface area contributed by atoms with Crippen LogP contribution in [0.4, 0.5) is 0 Å². The summed E-state index contributed by atoms with van der Waals surface area (Å²) in [7, 11) is 2.05. The van der Waals surface area contributed by atoms with E-state index in [-0.39, 0.29) is 5.75 Å². The maximum atomic E-state index is 10.8. The van der Waals surface area contributed by atoms with Crippen molar-refractivity contribution in [1.29, 1.82) is 0 Å². The predicted molar refractivity (Wildman–Crippen MR) is 86.1 cm³/mol. The van der Waals surface area contributed by atoms with E-state index in [0.717, 1.165) is 18.5 Å². The number of phenolic OH excluding ortho intramolecular Hbond substituents is 1. The van der Waals surface area contributed by atoms with E-state index in [0.29, 0.717) is 11.6 Å². The van der Waals surface area contributed by atoms with Gasteiger partial charge in [0, 0.05) is 12.6 Å². The van der Waals surface area contributed by atoms with E-state index >= 15 is 0 Å². The van der Waals surface area contributed by atoms with Gasteiger partial charge in [-0.1, -0.05) is 24.3 Å². The molecule has 2 N–H and O–H groups in total. The second kappa shape index (κ2) is 7.09. The molecule has 0 aromatic heterocycles. The molecule has 1 atom stereocenters. The van der Waals surface area contributed by atoms with Crippen molar-refractivity contribution in [3.63, 3.8) is 0 Å². The lowest BCUT2D eigenvalue weighted by Gasteiger charge is -2.25. The molecule has 0 bridgehead atoms. The highest BCUT2D eigenvalue weighted by molar-refractivity contribution is 5.87. The Balaban J connectivity index is 1.94. The zero-order valence-corrected chi connectivity index (χ0v) is 12.9. The summed E-state index contributed by atoms with van der Waals surface area (Å²) < 4.78 is 0. The van der Waals surface area contributed by atoms with Crippen molar-refractivity contribution in [2.45, 2.75) is 25.9 Å². The maximum absolute atomic E-state index is 10.8. The van der Waals surface area contributed by atoms with Crippen LogP contribution >= 0.6 is 0 Å². The molecular weight excluding hydrogens is 278 g/mol. The molecule has 0 amide bonds. The highest BCUT2D eigenvalue weighted by atomic mass is 16.4. The number of likely N-dealkylation sites (N-methyl/N-ethyl adjacent to an activating group) is 1. The van der Waals surface area contributed by atoms with Crippen LogP contribution in [0.1, 0.15) is 28.4 Å². The molecule has 116 valence electrons. The highest BCUT2D eigenvalue weighted by Crippen LogP contribution is 2.15. The Kier molecular flexibility index (Phi) is 5.17. The molecule has 0 fully saturated rings. The first-order valence-corrected chi connectivity index (χ1v) is 7.26. The van der Waals surface area contributed by atoms with Gasteiger partial charge in [-0.2, -0.15) is 0 Å². The van der Waals surface area contributed by atoms with Crippen LogP contribution in [0.5, 0.6) is 5.75 Å². The van der Waals surface area contributed by atoms with E-state index in [9.17, 15) is 9.90 Å². The van der Waals surface area contributed by atoms with Crippen molar-refractivity contribution in [3.8, 4) is 5.75 Å². The quantitative estimate of drug-likeness (QED) is 0.860. The monoisotopic (exact) mass is 299 g/mol. The van der Waals surface area contributed by atoms with Crippen LogP contribution in [-0.2, 0) is 13.0 Å². The largest absolute Gasteiger partial charge is 0.508 e. The average molecular weight is 299 g/mol. The number of carbonyl (C=O) groups is 1. The van der Waals surface area contributed by atoms with Gasteiger partial charge >= 0.3 is 5.97 Å². The van der Waals surface area contributed by atoms with Crippen LogP contribution in [0, 0.1) is 0 Å². The molecule has 4 heteroatoms. The Morgan fingerprint density at radius 2 is 1.59 bits per heavy atom. The first-order valence-electron chi connectivity index (χ1n) is 7.26. The van der Waals surface area contributed by atoms with Gasteiger partial charge in [0.25, 0.3) is 0 Å². The van der Waals surface area contributed by atoms with Gasteiger partial charge in [0.05, 0.1) is 5.56 Å². The number of carboxylic acid groups (broad SMARTS) is 1. The molecule has 0 saturated heterocycles. The molecule has 2 aromatic carbocycles. The van der Waals surface area contributed by atoms with Gasteiger partial charge in [-0.05, 0) is 55.8 Å². The zero-order chi connectivity index (χ0) is 16.1. The molecule has 22 heavy (non-hydrogen) atoms. The summed E-state index contributed by atoms with van der Waals surface area (Å²) in [5.41, 5.74) is 2.58. The summed E-state index contributed by atoms with van der Waals surface area (Å²) in [6.07, 6.45) is 0.893. The topological polar surface area (TPSA) is 60.8 Å². The lowest BCUT2D eigenvalue weighted by atomic mass is 10.1. The maximum Gasteiger partial charge on any atom is 0.335 e. The summed E-state index contributed by atoms with van der Waals surface area (Å²) in [4.78, 5) is 13.1. The molecule has 1 unspecified atom stereocenters. The fraction of sp³-hybridized carbons (Fsp3) is 0.278. The van der Waals surface area contributed by atoms with E-state index < -0.39 is 5.97 Å². The minimum absolute atomic E-state index is 0.281. The summed E-state index contributed by atoms with van der Waals surface area (Å²) in [5, 5.41) is 18.2. The van der Waals surface area contributed by atoms with Crippen molar-refractivity contribution < 1.29 is 15.0 Å². The highest BCUT2D eigenvalue weighted by Gasteiger charge is 2.11. The van der Waals surface area contributed by atoms with E-state index in [1.54, 1.807) is 24.3 Å². The summed E-state index contributed by atoms with van der Waals surface area (Å²) in [6, 6.07) is 14.6. The van der Waals surface area contributed by atoms with Crippen molar-refractivity contribution in [2.24, 2.45) is 0 Å². The fourth-order valence-electron chi connectivity index (χ4n) is 2.33. The number of phenols is 1. The second-order valence-electron chi connectivity index (χ2n) is 5.64. The number of rotatable bonds is 6. The molecule has 0 radical (unpaired) electrons. The van der Waals surface area contributed by atoms with E-state index in [1.165, 1.54) is 5.56 Å². The van der Waals surface area contributed by atoms with Gasteiger partial charge in [0.2, 0.25) is 0 Å². The van der Waals surface area contributed by atoms with Gasteiger partial charge in [-0.3, -0.25) is 4.90 Å². The van der Waals surface area contributed by atoms with Crippen molar-refractivity contribution in [3.05, 3.63) is 65.2 Å². The number of hydrogen-bond donors (Lipinski definition) is 2. The number of hydrogen-bond acceptors (Lipinski definition) is 3. The van der Waals surface area contributed by atoms with Crippen molar-refractivity contribution in [2.75, 3.05) is 7.05 Å². The molecule has 2 rings (SSSR count). The van der Waals surface area contributed by atoms with Gasteiger partial charge in [0.1, 0.15) is 5.75 Å². The number of carboxylic acids is 1. The van der Waals surface area contributed by atoms with Gasteiger partial charge in [0.15, 0.2) is 0 Å². The lowest BCUT2D eigenvalue weighted by Crippen LogP contribution is -2.30. The van der Waals surface area contributed by atoms with Crippen molar-refractivity contribution >= 4 is 5.97 Å². The minimum Gasteiger partial charge on any atom is -0.508 e. The van der Waals surface area contributed by atoms with Gasteiger partial charge < -0.3 is 10.2 Å². The first-order chi connectivity index (χ1) is 10.5. The molecule has 0 heterocycles. The normalized spacial score (nSPS) is 12.3. The molecule has 0 aliphatic heterocycles. The van der Waals surface area contributed by atoms with E-state index in [4.69, 9.17) is 5.11 Å². The van der Waals surface area contributed by atoms with Crippen LogP contribution < -0.4 is 0 Å². The van der Waals surface area contributed by atoms with Crippen LogP contribution in [0.2, 0.25) is 0 Å². The van der Waals surface area contributed by atoms with E-state index in [2.05, 4.69) is 18.9 Å². The number of benzene rings is 2. The lowest BCUT2D eigenvalue weighted by molar-refractivity contribution is 0.0697. The summed E-state index contributed by atoms with van der Waals surface area (Å²) in [6.45, 7) is 2.91. The fourth-order valence-corrected chi connectivity index (χ4v) is 2.33. The number of aromatic hydroxyl groups is 1. The summed E-state index contributed by atoms with van der Waals surface area (Å²) >= 11 is 0. The Morgan fingerprint density at radius 3 is 2.14 bits per heavy atom. The molecule has 2 aromatic rings. The smallest absolute Gasteiger partial charge is 0.335 e. The molecule has 0 aliphatic carbocycles. The Morgan fingerprint density at radius 1 is 1.05 bits per heavy atom. The predicted octanol–water partition coefficient (Wildman–Crippen LogP) is 3.15. The van der Waals surface area contributed by atoms with Crippen LogP contribution in [0.15, 0.2) is 48.5 Å². The van der Waals surface area contributed by atoms with E-state index in [1.807, 2.05) is 24.3 Å². The minimum atomic E-state index is -0.902. The molecule has 0 aliphatic rings. The Hall–Kier alpha value is -2.33. The van der Waals surface area contributed by atoms with Crippen LogP contribution in [-0.4, -0.2) is 34.2 Å². The van der Waals surface area contributed by atoms with Gasteiger partial charge in [-0.25, -0.2) is 4.79 Å². The standard InChI is InChI=1S/C18H21NO3/c1-13(11-14-5-9-17(20)10-6-14)19(2)12-15-3-7-16(8-4-15)18(21)22/h3-10,13,20H,11-12H2,1-2H3,(H,21,22). The first kappa shape index (κ1) is 16.0.